The Kier molecular flexibility index (Phi) is 1.88. The van der Waals surface area contributed by atoms with E-state index in [-0.39, 0.29) is 0 Å². The van der Waals surface area contributed by atoms with Crippen molar-refractivity contribution in [3.8, 4) is 0 Å². The molecular formula is C6H12IN3. The van der Waals surface area contributed by atoms with E-state index in [0.29, 0.717) is 6.04 Å². The van der Waals surface area contributed by atoms with Crippen LogP contribution in [0.4, 0.5) is 0 Å². The van der Waals surface area contributed by atoms with Crippen molar-refractivity contribution in [2.45, 2.75) is 24.9 Å². The van der Waals surface area contributed by atoms with Crippen LogP contribution in [0.25, 0.3) is 0 Å². The van der Waals surface area contributed by atoms with Crippen LogP contribution in [-0.2, 0) is 0 Å². The maximum atomic E-state index is 5.70. The number of hydrogen-bond acceptors (Lipinski definition) is 3. The molecule has 2 heterocycles. The fraction of sp³-hybridized carbons (Fsp3) is 1.00. The normalized spacial score (nSPS) is 42.6. The minimum atomic E-state index is 0.658. The third-order valence-corrected chi connectivity index (χ3v) is 3.70. The monoisotopic (exact) mass is 253 g/mol. The number of halogens is 1. The van der Waals surface area contributed by atoms with Gasteiger partial charge >= 0.3 is 0 Å². The van der Waals surface area contributed by atoms with Crippen molar-refractivity contribution in [2.24, 2.45) is 5.84 Å². The predicted molar refractivity (Wildman–Crippen MR) is 48.4 cm³/mol. The van der Waals surface area contributed by atoms with Gasteiger partial charge in [0, 0.05) is 42.0 Å². The Labute approximate surface area is 75.0 Å². The summed E-state index contributed by atoms with van der Waals surface area (Å²) in [6, 6.07) is 1.41. The summed E-state index contributed by atoms with van der Waals surface area (Å²) in [5, 5.41) is 1.97. The van der Waals surface area contributed by atoms with Crippen LogP contribution in [-0.4, -0.2) is 33.3 Å². The van der Waals surface area contributed by atoms with E-state index in [1.807, 2.05) is 5.01 Å². The minimum Gasteiger partial charge on any atom is -0.268 e. The van der Waals surface area contributed by atoms with E-state index >= 15 is 0 Å². The number of fused-ring (bicyclic) bond motifs is 1. The molecule has 0 saturated carbocycles. The molecule has 10 heavy (non-hydrogen) atoms. The molecule has 0 radical (unpaired) electrons. The zero-order chi connectivity index (χ0) is 7.14. The minimum absolute atomic E-state index is 0.658. The van der Waals surface area contributed by atoms with Gasteiger partial charge in [-0.2, -0.15) is 0 Å². The highest BCUT2D eigenvalue weighted by Gasteiger charge is 2.42. The quantitative estimate of drug-likeness (QED) is 0.384. The van der Waals surface area contributed by atoms with Crippen molar-refractivity contribution >= 4 is 22.9 Å². The van der Waals surface area contributed by atoms with Gasteiger partial charge in [0.2, 0.25) is 0 Å². The number of rotatable bonds is 0. The number of hydrazine groups is 1. The lowest BCUT2D eigenvalue weighted by atomic mass is 9.91. The van der Waals surface area contributed by atoms with Crippen LogP contribution >= 0.6 is 22.9 Å². The molecule has 0 amide bonds. The Morgan fingerprint density at radius 1 is 1.40 bits per heavy atom. The second-order valence-electron chi connectivity index (χ2n) is 3.10. The molecule has 2 aliphatic rings. The first-order valence-electron chi connectivity index (χ1n) is 3.73. The predicted octanol–water partition coefficient (Wildman–Crippen LogP) is 0.359. The second-order valence-corrected chi connectivity index (χ2v) is 4.34. The van der Waals surface area contributed by atoms with E-state index in [0.717, 1.165) is 12.6 Å². The number of piperidine rings is 1. The van der Waals surface area contributed by atoms with Gasteiger partial charge in [0.05, 0.1) is 6.04 Å². The van der Waals surface area contributed by atoms with Crippen molar-refractivity contribution in [3.05, 3.63) is 0 Å². The molecule has 2 fully saturated rings. The summed E-state index contributed by atoms with van der Waals surface area (Å²) in [7, 11) is 0. The first-order valence-corrected chi connectivity index (χ1v) is 4.69. The molecule has 2 atom stereocenters. The van der Waals surface area contributed by atoms with Crippen LogP contribution < -0.4 is 5.84 Å². The van der Waals surface area contributed by atoms with E-state index in [1.54, 1.807) is 0 Å². The van der Waals surface area contributed by atoms with Gasteiger partial charge in [0.1, 0.15) is 0 Å². The van der Waals surface area contributed by atoms with Gasteiger partial charge < -0.3 is 0 Å². The Bertz CT molecular complexity index is 139. The molecule has 0 aromatic carbocycles. The molecule has 58 valence electrons. The Morgan fingerprint density at radius 2 is 2.20 bits per heavy atom. The fourth-order valence-corrected chi connectivity index (χ4v) is 2.70. The van der Waals surface area contributed by atoms with Crippen LogP contribution in [0.1, 0.15) is 12.8 Å². The summed E-state index contributed by atoms with van der Waals surface area (Å²) in [6.07, 6.45) is 2.60. The number of nitrogens with two attached hydrogens (primary N) is 1. The Morgan fingerprint density at radius 3 is 2.80 bits per heavy atom. The molecule has 2 aliphatic heterocycles. The van der Waals surface area contributed by atoms with Gasteiger partial charge in [-0.25, -0.2) is 8.12 Å². The van der Waals surface area contributed by atoms with Crippen molar-refractivity contribution in [3.63, 3.8) is 0 Å². The lowest BCUT2D eigenvalue weighted by Gasteiger charge is -2.51. The highest BCUT2D eigenvalue weighted by atomic mass is 127. The van der Waals surface area contributed by atoms with Gasteiger partial charge in [0.25, 0.3) is 0 Å². The van der Waals surface area contributed by atoms with Crippen LogP contribution in [0, 0.1) is 0 Å². The van der Waals surface area contributed by atoms with Crippen molar-refractivity contribution < 1.29 is 0 Å². The molecule has 2 unspecified atom stereocenters. The molecule has 0 aromatic heterocycles. The summed E-state index contributed by atoms with van der Waals surface area (Å²) < 4.78 is 2.40. The van der Waals surface area contributed by atoms with E-state index in [1.165, 1.54) is 19.4 Å². The summed E-state index contributed by atoms with van der Waals surface area (Å²) in [5.74, 6) is 5.70. The molecule has 2 saturated heterocycles. The summed E-state index contributed by atoms with van der Waals surface area (Å²) in [4.78, 5) is 0. The largest absolute Gasteiger partial charge is 0.268 e. The maximum Gasteiger partial charge on any atom is 0.0504 e. The van der Waals surface area contributed by atoms with Gasteiger partial charge in [-0.15, -0.1) is 0 Å². The summed E-state index contributed by atoms with van der Waals surface area (Å²) in [5.41, 5.74) is 0. The standard InChI is InChI=1S/C6H12IN3/c7-9-3-1-2-5-6(9)4-10(5)8/h5-6H,1-4,8H2. The van der Waals surface area contributed by atoms with Gasteiger partial charge in [-0.3, -0.25) is 5.84 Å². The van der Waals surface area contributed by atoms with Gasteiger partial charge in [-0.05, 0) is 12.8 Å². The molecule has 0 aromatic rings. The molecule has 3 nitrogen and oxygen atoms in total. The van der Waals surface area contributed by atoms with E-state index in [2.05, 4.69) is 26.0 Å². The van der Waals surface area contributed by atoms with Gasteiger partial charge in [0.15, 0.2) is 0 Å². The molecule has 2 N–H and O–H groups in total. The Balaban J connectivity index is 1.99. The lowest BCUT2D eigenvalue weighted by Crippen LogP contribution is -2.69. The van der Waals surface area contributed by atoms with Gasteiger partial charge in [-0.1, -0.05) is 0 Å². The summed E-state index contributed by atoms with van der Waals surface area (Å²) in [6.45, 7) is 2.31. The third kappa shape index (κ3) is 0.975. The number of nitrogens with zero attached hydrogens (tertiary/aromatic N) is 2. The third-order valence-electron chi connectivity index (χ3n) is 2.50. The van der Waals surface area contributed by atoms with Crippen molar-refractivity contribution in [1.29, 1.82) is 0 Å². The highest BCUT2D eigenvalue weighted by Crippen LogP contribution is 2.30. The van der Waals surface area contributed by atoms with E-state index in [9.17, 15) is 0 Å². The summed E-state index contributed by atoms with van der Waals surface area (Å²) >= 11 is 2.41. The maximum absolute atomic E-state index is 5.70. The van der Waals surface area contributed by atoms with Crippen LogP contribution in [0.5, 0.6) is 0 Å². The fourth-order valence-electron chi connectivity index (χ4n) is 1.81. The molecule has 2 rings (SSSR count). The first kappa shape index (κ1) is 7.27. The highest BCUT2D eigenvalue weighted by molar-refractivity contribution is 14.1. The molecule has 0 aliphatic carbocycles. The van der Waals surface area contributed by atoms with E-state index in [4.69, 9.17) is 5.84 Å². The van der Waals surface area contributed by atoms with E-state index < -0.39 is 0 Å². The molecule has 0 bridgehead atoms. The average molecular weight is 253 g/mol. The Hall–Kier alpha value is 0.610. The van der Waals surface area contributed by atoms with Crippen LogP contribution in [0.15, 0.2) is 0 Å². The second kappa shape index (κ2) is 2.58. The molecule has 4 heteroatoms. The zero-order valence-electron chi connectivity index (χ0n) is 5.83. The lowest BCUT2D eigenvalue weighted by molar-refractivity contribution is -0.0122. The SMILES string of the molecule is NN1CC2C1CCCN2I. The number of hydrogen-bond donors (Lipinski definition) is 1. The first-order chi connectivity index (χ1) is 4.79. The molecular weight excluding hydrogens is 241 g/mol. The van der Waals surface area contributed by atoms with Crippen molar-refractivity contribution in [1.82, 2.24) is 8.12 Å². The van der Waals surface area contributed by atoms with Crippen LogP contribution in [0.2, 0.25) is 0 Å². The topological polar surface area (TPSA) is 32.5 Å². The molecule has 0 spiro atoms. The van der Waals surface area contributed by atoms with Crippen molar-refractivity contribution in [2.75, 3.05) is 13.1 Å². The zero-order valence-corrected chi connectivity index (χ0v) is 7.99. The average Bonchev–Trinajstić information content (AvgIpc) is 1.91. The smallest absolute Gasteiger partial charge is 0.0504 e. The van der Waals surface area contributed by atoms with Crippen LogP contribution in [0.3, 0.4) is 0 Å².